The van der Waals surface area contributed by atoms with Crippen molar-refractivity contribution in [1.82, 2.24) is 5.32 Å². The minimum absolute atomic E-state index is 0.489. The van der Waals surface area contributed by atoms with E-state index in [0.717, 1.165) is 18.6 Å². The molecule has 2 aliphatic rings. The second-order valence-corrected chi connectivity index (χ2v) is 5.47. The zero-order valence-corrected chi connectivity index (χ0v) is 10.9. The lowest BCUT2D eigenvalue weighted by molar-refractivity contribution is 0.0709. The molecule has 2 fully saturated rings. The van der Waals surface area contributed by atoms with Crippen molar-refractivity contribution >= 4 is 0 Å². The van der Waals surface area contributed by atoms with E-state index >= 15 is 0 Å². The molecule has 0 radical (unpaired) electrons. The van der Waals surface area contributed by atoms with Crippen molar-refractivity contribution in [2.75, 3.05) is 6.61 Å². The molecule has 0 amide bonds. The third-order valence-electron chi connectivity index (χ3n) is 4.07. The molecule has 0 spiro atoms. The first-order valence-corrected chi connectivity index (χ1v) is 7.22. The molecule has 94 valence electrons. The van der Waals surface area contributed by atoms with E-state index in [9.17, 15) is 0 Å². The average Bonchev–Trinajstić information content (AvgIpc) is 3.00. The maximum absolute atomic E-state index is 5.82. The Hall–Kier alpha value is -0.0800. The van der Waals surface area contributed by atoms with Crippen LogP contribution in [0.15, 0.2) is 0 Å². The van der Waals surface area contributed by atoms with Gasteiger partial charge in [-0.2, -0.15) is 0 Å². The Kier molecular flexibility index (Phi) is 4.66. The summed E-state index contributed by atoms with van der Waals surface area (Å²) in [4.78, 5) is 0. The van der Waals surface area contributed by atoms with Crippen LogP contribution in [-0.2, 0) is 4.74 Å². The highest BCUT2D eigenvalue weighted by atomic mass is 16.5. The number of ether oxygens (including phenoxy) is 1. The molecule has 3 unspecified atom stereocenters. The van der Waals surface area contributed by atoms with E-state index in [1.807, 2.05) is 0 Å². The minimum Gasteiger partial charge on any atom is -0.377 e. The van der Waals surface area contributed by atoms with E-state index in [4.69, 9.17) is 4.74 Å². The fraction of sp³-hybridized carbons (Fsp3) is 1.00. The van der Waals surface area contributed by atoms with E-state index in [1.54, 1.807) is 0 Å². The Morgan fingerprint density at radius 2 is 2.00 bits per heavy atom. The van der Waals surface area contributed by atoms with Crippen LogP contribution >= 0.6 is 0 Å². The topological polar surface area (TPSA) is 21.3 Å². The number of nitrogens with one attached hydrogen (secondary N) is 1. The van der Waals surface area contributed by atoms with Crippen molar-refractivity contribution in [3.8, 4) is 0 Å². The summed E-state index contributed by atoms with van der Waals surface area (Å²) in [7, 11) is 0. The molecular formula is C14H27NO. The van der Waals surface area contributed by atoms with Crippen LogP contribution in [0.25, 0.3) is 0 Å². The first-order valence-electron chi connectivity index (χ1n) is 7.22. The molecule has 0 bridgehead atoms. The molecule has 1 saturated heterocycles. The predicted octanol–water partition coefficient (Wildman–Crippen LogP) is 3.11. The van der Waals surface area contributed by atoms with Crippen LogP contribution in [-0.4, -0.2) is 24.8 Å². The molecule has 1 aliphatic carbocycles. The van der Waals surface area contributed by atoms with E-state index in [-0.39, 0.29) is 0 Å². The van der Waals surface area contributed by atoms with Crippen molar-refractivity contribution in [2.24, 2.45) is 5.92 Å². The molecule has 2 heteroatoms. The largest absolute Gasteiger partial charge is 0.377 e. The Labute approximate surface area is 100 Å². The molecule has 3 atom stereocenters. The van der Waals surface area contributed by atoms with Gasteiger partial charge in [-0.25, -0.2) is 0 Å². The summed E-state index contributed by atoms with van der Waals surface area (Å²) < 4.78 is 5.82. The molecular weight excluding hydrogens is 198 g/mol. The quantitative estimate of drug-likeness (QED) is 0.719. The summed E-state index contributed by atoms with van der Waals surface area (Å²) in [5.74, 6) is 0.968. The van der Waals surface area contributed by atoms with Crippen LogP contribution in [0.2, 0.25) is 0 Å². The average molecular weight is 225 g/mol. The van der Waals surface area contributed by atoms with Crippen LogP contribution in [0, 0.1) is 5.92 Å². The SMILES string of the molecule is CCCC(NC(CC)C1CCCO1)C1CC1. The highest BCUT2D eigenvalue weighted by molar-refractivity contribution is 4.90. The standard InChI is InChI=1S/C14H27NO/c1-3-6-13(11-8-9-11)15-12(4-2)14-7-5-10-16-14/h11-15H,3-10H2,1-2H3. The second kappa shape index (κ2) is 6.02. The molecule has 2 nitrogen and oxygen atoms in total. The summed E-state index contributed by atoms with van der Waals surface area (Å²) in [5.41, 5.74) is 0. The monoisotopic (exact) mass is 225 g/mol. The molecule has 0 aromatic rings. The number of rotatable bonds is 7. The van der Waals surface area contributed by atoms with Gasteiger partial charge in [-0.1, -0.05) is 20.3 Å². The van der Waals surface area contributed by atoms with Gasteiger partial charge in [-0.05, 0) is 44.4 Å². The van der Waals surface area contributed by atoms with Crippen molar-refractivity contribution in [1.29, 1.82) is 0 Å². The Bertz CT molecular complexity index is 197. The van der Waals surface area contributed by atoms with Gasteiger partial charge in [0, 0.05) is 18.7 Å². The molecule has 1 aliphatic heterocycles. The first-order chi connectivity index (χ1) is 7.85. The molecule has 1 N–H and O–H groups in total. The summed E-state index contributed by atoms with van der Waals surface area (Å²) in [6, 6.07) is 1.36. The van der Waals surface area contributed by atoms with Gasteiger partial charge in [0.2, 0.25) is 0 Å². The van der Waals surface area contributed by atoms with E-state index in [0.29, 0.717) is 12.1 Å². The van der Waals surface area contributed by atoms with Gasteiger partial charge in [-0.15, -0.1) is 0 Å². The van der Waals surface area contributed by atoms with Gasteiger partial charge in [0.25, 0.3) is 0 Å². The molecule has 0 aromatic heterocycles. The van der Waals surface area contributed by atoms with Crippen LogP contribution in [0.5, 0.6) is 0 Å². The fourth-order valence-corrected chi connectivity index (χ4v) is 2.95. The van der Waals surface area contributed by atoms with Crippen LogP contribution in [0.1, 0.15) is 58.8 Å². The van der Waals surface area contributed by atoms with Gasteiger partial charge in [-0.3, -0.25) is 0 Å². The van der Waals surface area contributed by atoms with Gasteiger partial charge < -0.3 is 10.1 Å². The van der Waals surface area contributed by atoms with Gasteiger partial charge in [0.15, 0.2) is 0 Å². The Balaban J connectivity index is 1.82. The molecule has 1 heterocycles. The van der Waals surface area contributed by atoms with E-state index in [1.165, 1.54) is 44.9 Å². The second-order valence-electron chi connectivity index (χ2n) is 5.47. The Morgan fingerprint density at radius 1 is 1.19 bits per heavy atom. The highest BCUT2D eigenvalue weighted by Gasteiger charge is 2.34. The summed E-state index contributed by atoms with van der Waals surface area (Å²) in [5, 5.41) is 3.88. The van der Waals surface area contributed by atoms with Crippen LogP contribution in [0.3, 0.4) is 0 Å². The van der Waals surface area contributed by atoms with Crippen LogP contribution < -0.4 is 5.32 Å². The van der Waals surface area contributed by atoms with Gasteiger partial charge in [0.1, 0.15) is 0 Å². The fourth-order valence-electron chi connectivity index (χ4n) is 2.95. The van der Waals surface area contributed by atoms with E-state index in [2.05, 4.69) is 19.2 Å². The van der Waals surface area contributed by atoms with E-state index < -0.39 is 0 Å². The van der Waals surface area contributed by atoms with Gasteiger partial charge in [0.05, 0.1) is 6.10 Å². The lowest BCUT2D eigenvalue weighted by atomic mass is 10.0. The van der Waals surface area contributed by atoms with Crippen LogP contribution in [0.4, 0.5) is 0 Å². The third kappa shape index (κ3) is 3.21. The number of hydrogen-bond acceptors (Lipinski definition) is 2. The molecule has 2 rings (SSSR count). The molecule has 0 aromatic carbocycles. The molecule has 1 saturated carbocycles. The maximum Gasteiger partial charge on any atom is 0.0728 e. The van der Waals surface area contributed by atoms with Gasteiger partial charge >= 0.3 is 0 Å². The highest BCUT2D eigenvalue weighted by Crippen LogP contribution is 2.35. The Morgan fingerprint density at radius 3 is 2.50 bits per heavy atom. The normalized spacial score (nSPS) is 29.2. The predicted molar refractivity (Wildman–Crippen MR) is 67.6 cm³/mol. The molecule has 16 heavy (non-hydrogen) atoms. The van der Waals surface area contributed by atoms with Crippen molar-refractivity contribution in [3.05, 3.63) is 0 Å². The first kappa shape index (κ1) is 12.4. The maximum atomic E-state index is 5.82. The van der Waals surface area contributed by atoms with Crippen molar-refractivity contribution < 1.29 is 4.74 Å². The van der Waals surface area contributed by atoms with Crippen molar-refractivity contribution in [2.45, 2.75) is 77.0 Å². The lowest BCUT2D eigenvalue weighted by Gasteiger charge is -2.28. The minimum atomic E-state index is 0.489. The summed E-state index contributed by atoms with van der Waals surface area (Å²) in [6.45, 7) is 5.56. The zero-order chi connectivity index (χ0) is 11.4. The lowest BCUT2D eigenvalue weighted by Crippen LogP contribution is -2.45. The van der Waals surface area contributed by atoms with Crippen molar-refractivity contribution in [3.63, 3.8) is 0 Å². The summed E-state index contributed by atoms with van der Waals surface area (Å²) in [6.07, 6.45) is 9.74. The summed E-state index contributed by atoms with van der Waals surface area (Å²) >= 11 is 0. The number of hydrogen-bond donors (Lipinski definition) is 1. The zero-order valence-electron chi connectivity index (χ0n) is 10.9. The smallest absolute Gasteiger partial charge is 0.0728 e. The third-order valence-corrected chi connectivity index (χ3v) is 4.07.